The molecular formula is C13H7N5. The van der Waals surface area contributed by atoms with E-state index in [0.29, 0.717) is 5.84 Å². The molecule has 0 amide bonds. The average molecular weight is 233 g/mol. The molecule has 0 unspecified atom stereocenters. The highest BCUT2D eigenvalue weighted by Gasteiger charge is 2.12. The number of benzene rings is 1. The van der Waals surface area contributed by atoms with Crippen molar-refractivity contribution in [2.24, 2.45) is 20.2 Å². The minimum Gasteiger partial charge on any atom is -0.265 e. The lowest BCUT2D eigenvalue weighted by Gasteiger charge is -1.94. The predicted octanol–water partition coefficient (Wildman–Crippen LogP) is 1.63. The molecule has 3 heterocycles. The quantitative estimate of drug-likeness (QED) is 0.738. The highest BCUT2D eigenvalue weighted by atomic mass is 15.1. The third-order valence-corrected chi connectivity index (χ3v) is 2.88. The zero-order valence-corrected chi connectivity index (χ0v) is 9.28. The fourth-order valence-electron chi connectivity index (χ4n) is 1.99. The SMILES string of the molecule is C1=c2cc3c(cc2N=N1)=NC(c1ccncc1)=N3. The summed E-state index contributed by atoms with van der Waals surface area (Å²) < 4.78 is 0. The molecule has 84 valence electrons. The van der Waals surface area contributed by atoms with Gasteiger partial charge < -0.3 is 0 Å². The second kappa shape index (κ2) is 3.40. The molecule has 0 atom stereocenters. The lowest BCUT2D eigenvalue weighted by atomic mass is 10.2. The summed E-state index contributed by atoms with van der Waals surface area (Å²) in [6.45, 7) is 0. The zero-order valence-electron chi connectivity index (χ0n) is 9.28. The average Bonchev–Trinajstić information content (AvgIpc) is 3.01. The van der Waals surface area contributed by atoms with Crippen LogP contribution >= 0.6 is 0 Å². The third kappa shape index (κ3) is 1.31. The molecule has 2 aromatic rings. The van der Waals surface area contributed by atoms with E-state index < -0.39 is 0 Å². The maximum absolute atomic E-state index is 4.52. The monoisotopic (exact) mass is 233 g/mol. The Hall–Kier alpha value is -2.69. The van der Waals surface area contributed by atoms with Crippen molar-refractivity contribution in [3.05, 3.63) is 52.8 Å². The standard InChI is InChI=1S/C13H7N5/c1-3-14-4-2-8(1)13-16-11-5-9-7-15-18-10(9)6-12(11)17-13/h1-7H. The van der Waals surface area contributed by atoms with Gasteiger partial charge in [-0.2, -0.15) is 10.2 Å². The van der Waals surface area contributed by atoms with Gasteiger partial charge >= 0.3 is 0 Å². The zero-order chi connectivity index (χ0) is 11.9. The predicted molar refractivity (Wildman–Crippen MR) is 66.6 cm³/mol. The Morgan fingerprint density at radius 1 is 0.889 bits per heavy atom. The maximum Gasteiger partial charge on any atom is 0.160 e. The van der Waals surface area contributed by atoms with Crippen molar-refractivity contribution in [3.63, 3.8) is 0 Å². The first-order chi connectivity index (χ1) is 8.90. The molecule has 4 rings (SSSR count). The first kappa shape index (κ1) is 9.35. The molecule has 18 heavy (non-hydrogen) atoms. The highest BCUT2D eigenvalue weighted by Crippen LogP contribution is 2.17. The number of azo groups is 1. The summed E-state index contributed by atoms with van der Waals surface area (Å²) >= 11 is 0. The minimum atomic E-state index is 0.716. The Bertz CT molecular complexity index is 818. The van der Waals surface area contributed by atoms with Crippen LogP contribution in [0.5, 0.6) is 0 Å². The molecule has 0 radical (unpaired) electrons. The van der Waals surface area contributed by atoms with Crippen molar-refractivity contribution in [1.82, 2.24) is 4.98 Å². The second-order valence-electron chi connectivity index (χ2n) is 4.03. The first-order valence-corrected chi connectivity index (χ1v) is 5.53. The van der Waals surface area contributed by atoms with Gasteiger partial charge in [0.1, 0.15) is 0 Å². The fraction of sp³-hybridized carbons (Fsp3) is 0. The molecule has 0 N–H and O–H groups in total. The number of fused-ring (bicyclic) bond motifs is 2. The Labute approximate surface area is 102 Å². The Kier molecular flexibility index (Phi) is 1.77. The van der Waals surface area contributed by atoms with Crippen molar-refractivity contribution < 1.29 is 0 Å². The van der Waals surface area contributed by atoms with Crippen molar-refractivity contribution in [2.75, 3.05) is 0 Å². The molecule has 0 saturated carbocycles. The summed E-state index contributed by atoms with van der Waals surface area (Å²) in [7, 11) is 0. The minimum absolute atomic E-state index is 0.716. The van der Waals surface area contributed by atoms with Crippen molar-refractivity contribution in [3.8, 4) is 0 Å². The molecule has 1 aromatic carbocycles. The molecule has 0 aliphatic carbocycles. The summed E-state index contributed by atoms with van der Waals surface area (Å²) in [6, 6.07) is 7.67. The van der Waals surface area contributed by atoms with Crippen LogP contribution in [-0.4, -0.2) is 10.8 Å². The van der Waals surface area contributed by atoms with Crippen LogP contribution in [-0.2, 0) is 0 Å². The van der Waals surface area contributed by atoms with Gasteiger partial charge in [0, 0.05) is 23.2 Å². The Balaban J connectivity index is 1.90. The normalized spacial score (nSPS) is 14.6. The van der Waals surface area contributed by atoms with Crippen LogP contribution in [0.4, 0.5) is 11.4 Å². The van der Waals surface area contributed by atoms with Crippen molar-refractivity contribution in [2.45, 2.75) is 0 Å². The topological polar surface area (TPSA) is 62.3 Å². The van der Waals surface area contributed by atoms with Crippen LogP contribution in [0.25, 0.3) is 6.20 Å². The lowest BCUT2D eigenvalue weighted by molar-refractivity contribution is 1.30. The molecule has 2 aliphatic heterocycles. The van der Waals surface area contributed by atoms with E-state index in [0.717, 1.165) is 27.5 Å². The lowest BCUT2D eigenvalue weighted by Crippen LogP contribution is -2.06. The van der Waals surface area contributed by atoms with Gasteiger partial charge in [-0.05, 0) is 24.3 Å². The molecule has 0 fully saturated rings. The highest BCUT2D eigenvalue weighted by molar-refractivity contribution is 6.02. The first-order valence-electron chi connectivity index (χ1n) is 5.53. The van der Waals surface area contributed by atoms with E-state index in [2.05, 4.69) is 25.2 Å². The Morgan fingerprint density at radius 2 is 1.78 bits per heavy atom. The number of rotatable bonds is 1. The number of nitrogens with zero attached hydrogens (tertiary/aromatic N) is 5. The van der Waals surface area contributed by atoms with Crippen LogP contribution in [0.2, 0.25) is 0 Å². The number of hydrogen-bond acceptors (Lipinski definition) is 5. The summed E-state index contributed by atoms with van der Waals surface area (Å²) in [5, 5.41) is 9.73. The van der Waals surface area contributed by atoms with E-state index in [1.807, 2.05) is 24.3 Å². The van der Waals surface area contributed by atoms with E-state index in [1.54, 1.807) is 18.6 Å². The van der Waals surface area contributed by atoms with Crippen LogP contribution in [0.3, 0.4) is 0 Å². The van der Waals surface area contributed by atoms with Gasteiger partial charge in [-0.3, -0.25) is 4.98 Å². The third-order valence-electron chi connectivity index (χ3n) is 2.88. The molecule has 1 aromatic heterocycles. The summed E-state index contributed by atoms with van der Waals surface area (Å²) in [5.74, 6) is 0.716. The van der Waals surface area contributed by atoms with Gasteiger partial charge in [0.2, 0.25) is 0 Å². The maximum atomic E-state index is 4.52. The van der Waals surface area contributed by atoms with Crippen molar-refractivity contribution in [1.29, 1.82) is 0 Å². The fourth-order valence-corrected chi connectivity index (χ4v) is 1.99. The van der Waals surface area contributed by atoms with Gasteiger partial charge in [-0.1, -0.05) is 0 Å². The molecule has 0 saturated heterocycles. The number of amidine groups is 1. The van der Waals surface area contributed by atoms with Gasteiger partial charge in [0.25, 0.3) is 0 Å². The largest absolute Gasteiger partial charge is 0.265 e. The number of aromatic nitrogens is 1. The molecule has 0 spiro atoms. The van der Waals surface area contributed by atoms with Crippen LogP contribution in [0.15, 0.2) is 56.9 Å². The van der Waals surface area contributed by atoms with Crippen LogP contribution < -0.4 is 10.6 Å². The summed E-state index contributed by atoms with van der Waals surface area (Å²) in [6.07, 6.45) is 5.20. The molecule has 5 heteroatoms. The summed E-state index contributed by atoms with van der Waals surface area (Å²) in [4.78, 5) is 13.0. The second-order valence-corrected chi connectivity index (χ2v) is 4.03. The van der Waals surface area contributed by atoms with Gasteiger partial charge in [0.15, 0.2) is 5.84 Å². The van der Waals surface area contributed by atoms with E-state index >= 15 is 0 Å². The van der Waals surface area contributed by atoms with E-state index in [-0.39, 0.29) is 0 Å². The van der Waals surface area contributed by atoms with Crippen molar-refractivity contribution >= 4 is 23.4 Å². The number of hydrogen-bond donors (Lipinski definition) is 0. The van der Waals surface area contributed by atoms with Crippen LogP contribution in [0, 0.1) is 0 Å². The van der Waals surface area contributed by atoms with Gasteiger partial charge in [0.05, 0.1) is 22.9 Å². The molecule has 2 aliphatic rings. The van der Waals surface area contributed by atoms with E-state index in [4.69, 9.17) is 0 Å². The number of aliphatic imine (C=N–C) groups is 1. The smallest absolute Gasteiger partial charge is 0.160 e. The molecule has 0 bridgehead atoms. The number of pyridine rings is 1. The van der Waals surface area contributed by atoms with E-state index in [1.165, 1.54) is 0 Å². The molecule has 5 nitrogen and oxygen atoms in total. The van der Waals surface area contributed by atoms with Crippen LogP contribution in [0.1, 0.15) is 5.56 Å². The van der Waals surface area contributed by atoms with Gasteiger partial charge in [-0.15, -0.1) is 0 Å². The summed E-state index contributed by atoms with van der Waals surface area (Å²) in [5.41, 5.74) is 2.68. The Morgan fingerprint density at radius 3 is 2.67 bits per heavy atom. The van der Waals surface area contributed by atoms with E-state index in [9.17, 15) is 0 Å². The molecular weight excluding hydrogens is 226 g/mol. The van der Waals surface area contributed by atoms with Gasteiger partial charge in [-0.25, -0.2) is 9.98 Å².